The molecule has 21 heavy (non-hydrogen) atoms. The van der Waals surface area contributed by atoms with Gasteiger partial charge >= 0.3 is 5.97 Å². The van der Waals surface area contributed by atoms with Gasteiger partial charge in [-0.25, -0.2) is 4.79 Å². The number of amides is 1. The minimum absolute atomic E-state index is 0.292. The second-order valence-corrected chi connectivity index (χ2v) is 5.30. The maximum Gasteiger partial charge on any atom is 0.336 e. The van der Waals surface area contributed by atoms with Crippen LogP contribution in [0.2, 0.25) is 5.02 Å². The minimum atomic E-state index is -0.857. The molecule has 1 aromatic rings. The quantitative estimate of drug-likeness (QED) is 0.846. The molecule has 0 aliphatic carbocycles. The molecule has 6 heteroatoms. The van der Waals surface area contributed by atoms with Crippen molar-refractivity contribution in [2.45, 2.75) is 38.5 Å². The lowest BCUT2D eigenvalue weighted by Crippen LogP contribution is -2.37. The van der Waals surface area contributed by atoms with Gasteiger partial charge < -0.3 is 14.8 Å². The Bertz CT molecular complexity index is 514. The van der Waals surface area contributed by atoms with Crippen molar-refractivity contribution in [3.63, 3.8) is 0 Å². The second-order valence-electron chi connectivity index (χ2n) is 4.89. The zero-order valence-corrected chi connectivity index (χ0v) is 12.6. The molecule has 0 bridgehead atoms. The van der Waals surface area contributed by atoms with Crippen LogP contribution in [0.4, 0.5) is 0 Å². The summed E-state index contributed by atoms with van der Waals surface area (Å²) < 4.78 is 10.3. The number of halogens is 1. The van der Waals surface area contributed by atoms with Crippen LogP contribution in [0.5, 0.6) is 0 Å². The second kappa shape index (κ2) is 7.43. The van der Waals surface area contributed by atoms with Crippen molar-refractivity contribution >= 4 is 23.5 Å². The molecule has 114 valence electrons. The minimum Gasteiger partial charge on any atom is -0.451 e. The van der Waals surface area contributed by atoms with Crippen molar-refractivity contribution in [2.75, 3.05) is 6.61 Å². The number of esters is 1. The number of nitrogens with one attached hydrogen (secondary N) is 1. The highest BCUT2D eigenvalue weighted by molar-refractivity contribution is 6.31. The third kappa shape index (κ3) is 4.44. The SMILES string of the molecule is C[C@@H](OC(=O)[C@H]1CCCO1)C(=O)NCc1ccccc1Cl. The van der Waals surface area contributed by atoms with E-state index in [0.29, 0.717) is 24.6 Å². The molecule has 2 atom stereocenters. The van der Waals surface area contributed by atoms with E-state index in [0.717, 1.165) is 12.0 Å². The molecule has 0 saturated carbocycles. The van der Waals surface area contributed by atoms with Gasteiger partial charge in [0.2, 0.25) is 0 Å². The van der Waals surface area contributed by atoms with Gasteiger partial charge in [-0.2, -0.15) is 0 Å². The third-order valence-corrected chi connectivity index (χ3v) is 3.63. The normalized spacial score (nSPS) is 19.0. The molecule has 1 N–H and O–H groups in total. The predicted molar refractivity (Wildman–Crippen MR) is 77.8 cm³/mol. The molecule has 0 radical (unpaired) electrons. The van der Waals surface area contributed by atoms with E-state index in [4.69, 9.17) is 21.1 Å². The maximum absolute atomic E-state index is 11.9. The number of hydrogen-bond donors (Lipinski definition) is 1. The molecule has 1 aliphatic heterocycles. The van der Waals surface area contributed by atoms with Gasteiger partial charge in [-0.15, -0.1) is 0 Å². The van der Waals surface area contributed by atoms with Crippen molar-refractivity contribution in [1.29, 1.82) is 0 Å². The van der Waals surface area contributed by atoms with Gasteiger partial charge in [-0.05, 0) is 31.4 Å². The Kier molecular flexibility index (Phi) is 5.59. The summed E-state index contributed by atoms with van der Waals surface area (Å²) in [5, 5.41) is 3.28. The summed E-state index contributed by atoms with van der Waals surface area (Å²) in [4.78, 5) is 23.6. The van der Waals surface area contributed by atoms with Crippen molar-refractivity contribution < 1.29 is 19.1 Å². The Morgan fingerprint density at radius 3 is 2.90 bits per heavy atom. The molecule has 1 heterocycles. The van der Waals surface area contributed by atoms with Crippen LogP contribution in [0, 0.1) is 0 Å². The van der Waals surface area contributed by atoms with Crippen LogP contribution in [-0.4, -0.2) is 30.7 Å². The van der Waals surface area contributed by atoms with Gasteiger partial charge in [0.1, 0.15) is 0 Å². The first-order chi connectivity index (χ1) is 10.1. The van der Waals surface area contributed by atoms with E-state index in [1.54, 1.807) is 6.07 Å². The summed E-state index contributed by atoms with van der Waals surface area (Å²) in [6.45, 7) is 2.39. The van der Waals surface area contributed by atoms with Crippen LogP contribution in [0.1, 0.15) is 25.3 Å². The molecule has 0 unspecified atom stereocenters. The van der Waals surface area contributed by atoms with Gasteiger partial charge in [-0.3, -0.25) is 4.79 Å². The number of benzene rings is 1. The van der Waals surface area contributed by atoms with Crippen LogP contribution in [0.25, 0.3) is 0 Å². The molecular formula is C15H18ClNO4. The summed E-state index contributed by atoms with van der Waals surface area (Å²) in [7, 11) is 0. The number of carbonyl (C=O) groups is 2. The maximum atomic E-state index is 11.9. The first kappa shape index (κ1) is 15.8. The molecule has 1 aliphatic rings. The van der Waals surface area contributed by atoms with Crippen LogP contribution in [-0.2, 0) is 25.6 Å². The lowest BCUT2D eigenvalue weighted by molar-refractivity contribution is -0.163. The summed E-state index contributed by atoms with van der Waals surface area (Å²) in [6.07, 6.45) is 0.0904. The van der Waals surface area contributed by atoms with Crippen LogP contribution in [0.3, 0.4) is 0 Å². The van der Waals surface area contributed by atoms with Crippen molar-refractivity contribution in [3.05, 3.63) is 34.9 Å². The fourth-order valence-electron chi connectivity index (χ4n) is 2.04. The molecule has 5 nitrogen and oxygen atoms in total. The van der Waals surface area contributed by atoms with Gasteiger partial charge in [0.25, 0.3) is 5.91 Å². The van der Waals surface area contributed by atoms with E-state index >= 15 is 0 Å². The number of carbonyl (C=O) groups excluding carboxylic acids is 2. The van der Waals surface area contributed by atoms with E-state index in [1.165, 1.54) is 6.92 Å². The molecule has 2 rings (SSSR count). The fourth-order valence-corrected chi connectivity index (χ4v) is 2.24. The third-order valence-electron chi connectivity index (χ3n) is 3.27. The standard InChI is InChI=1S/C15H18ClNO4/c1-10(21-15(19)13-7-4-8-20-13)14(18)17-9-11-5-2-3-6-12(11)16/h2-3,5-6,10,13H,4,7-9H2,1H3,(H,17,18)/t10-,13-/m1/s1. The Morgan fingerprint density at radius 1 is 1.48 bits per heavy atom. The molecule has 1 fully saturated rings. The number of ether oxygens (including phenoxy) is 2. The lowest BCUT2D eigenvalue weighted by Gasteiger charge is -2.16. The topological polar surface area (TPSA) is 64.6 Å². The Labute approximate surface area is 128 Å². The number of hydrogen-bond acceptors (Lipinski definition) is 4. The molecule has 0 spiro atoms. The average molecular weight is 312 g/mol. The van der Waals surface area contributed by atoms with Gasteiger partial charge in [0.05, 0.1) is 0 Å². The highest BCUT2D eigenvalue weighted by atomic mass is 35.5. The van der Waals surface area contributed by atoms with Crippen LogP contribution < -0.4 is 5.32 Å². The summed E-state index contributed by atoms with van der Waals surface area (Å²) in [5.41, 5.74) is 0.810. The Hall–Kier alpha value is -1.59. The zero-order chi connectivity index (χ0) is 15.2. The van der Waals surface area contributed by atoms with Crippen LogP contribution in [0.15, 0.2) is 24.3 Å². The van der Waals surface area contributed by atoms with E-state index in [9.17, 15) is 9.59 Å². The van der Waals surface area contributed by atoms with Crippen LogP contribution >= 0.6 is 11.6 Å². The zero-order valence-electron chi connectivity index (χ0n) is 11.8. The first-order valence-electron chi connectivity index (χ1n) is 6.91. The Morgan fingerprint density at radius 2 is 2.24 bits per heavy atom. The predicted octanol–water partition coefficient (Wildman–Crippen LogP) is 2.07. The Balaban J connectivity index is 1.79. The van der Waals surface area contributed by atoms with E-state index < -0.39 is 18.2 Å². The fraction of sp³-hybridized carbons (Fsp3) is 0.467. The van der Waals surface area contributed by atoms with Crippen molar-refractivity contribution in [1.82, 2.24) is 5.32 Å². The lowest BCUT2D eigenvalue weighted by atomic mass is 10.2. The van der Waals surface area contributed by atoms with Crippen molar-refractivity contribution in [3.8, 4) is 0 Å². The van der Waals surface area contributed by atoms with E-state index in [-0.39, 0.29) is 5.91 Å². The largest absolute Gasteiger partial charge is 0.451 e. The smallest absolute Gasteiger partial charge is 0.336 e. The van der Waals surface area contributed by atoms with Gasteiger partial charge in [0, 0.05) is 18.2 Å². The monoisotopic (exact) mass is 311 g/mol. The summed E-state index contributed by atoms with van der Waals surface area (Å²) >= 11 is 6.00. The highest BCUT2D eigenvalue weighted by Gasteiger charge is 2.28. The van der Waals surface area contributed by atoms with Crippen molar-refractivity contribution in [2.24, 2.45) is 0 Å². The number of rotatable bonds is 5. The van der Waals surface area contributed by atoms with Gasteiger partial charge in [-0.1, -0.05) is 29.8 Å². The van der Waals surface area contributed by atoms with E-state index in [1.807, 2.05) is 18.2 Å². The molecule has 1 amide bonds. The molecule has 0 aromatic heterocycles. The summed E-state index contributed by atoms with van der Waals surface area (Å²) in [5.74, 6) is -0.839. The molecule has 1 aromatic carbocycles. The molecular weight excluding hydrogens is 294 g/mol. The highest BCUT2D eigenvalue weighted by Crippen LogP contribution is 2.15. The van der Waals surface area contributed by atoms with E-state index in [2.05, 4.69) is 5.32 Å². The summed E-state index contributed by atoms with van der Waals surface area (Å²) in [6, 6.07) is 7.24. The van der Waals surface area contributed by atoms with Gasteiger partial charge in [0.15, 0.2) is 12.2 Å². The first-order valence-corrected chi connectivity index (χ1v) is 7.29. The average Bonchev–Trinajstić information content (AvgIpc) is 3.00. The molecule has 1 saturated heterocycles.